The minimum Gasteiger partial charge on any atom is -0.476 e. The van der Waals surface area contributed by atoms with Crippen LogP contribution in [0.3, 0.4) is 0 Å². The van der Waals surface area contributed by atoms with E-state index in [1.165, 1.54) is 38.5 Å². The molecule has 1 aromatic heterocycles. The Kier molecular flexibility index (Phi) is 3.40. The van der Waals surface area contributed by atoms with Gasteiger partial charge < -0.3 is 15.4 Å². The lowest BCUT2D eigenvalue weighted by molar-refractivity contribution is 0.290. The molecule has 0 bridgehead atoms. The van der Waals surface area contributed by atoms with Gasteiger partial charge >= 0.3 is 0 Å². The Hall–Kier alpha value is -1.45. The Morgan fingerprint density at radius 2 is 1.62 bits per heavy atom. The van der Waals surface area contributed by atoms with Crippen molar-refractivity contribution in [2.75, 3.05) is 30.3 Å². The zero-order valence-electron chi connectivity index (χ0n) is 12.6. The molecule has 0 amide bonds. The summed E-state index contributed by atoms with van der Waals surface area (Å²) in [6.07, 6.45) is 8.08. The second-order valence-electron chi connectivity index (χ2n) is 7.11. The molecular weight excluding hydrogens is 262 g/mol. The predicted molar refractivity (Wildman–Crippen MR) is 84.5 cm³/mol. The highest BCUT2D eigenvalue weighted by Gasteiger charge is 2.30. The van der Waals surface area contributed by atoms with Crippen LogP contribution in [0.2, 0.25) is 0 Å². The van der Waals surface area contributed by atoms with Gasteiger partial charge in [0, 0.05) is 13.1 Å². The van der Waals surface area contributed by atoms with Gasteiger partial charge in [0.05, 0.1) is 12.3 Å². The van der Waals surface area contributed by atoms with Gasteiger partial charge in [-0.1, -0.05) is 0 Å². The SMILES string of the molecule is Nc1ccc(N(CC2CC2)CC2CC2)nc1OCC1CC1. The molecule has 1 aromatic rings. The Bertz CT molecular complexity index is 493. The highest BCUT2D eigenvalue weighted by molar-refractivity contribution is 5.54. The topological polar surface area (TPSA) is 51.4 Å². The summed E-state index contributed by atoms with van der Waals surface area (Å²) in [7, 11) is 0. The standard InChI is InChI=1S/C17H25N3O/c18-15-7-8-16(19-17(15)21-11-14-5-6-14)20(9-12-1-2-12)10-13-3-4-13/h7-8,12-14H,1-6,9-11,18H2. The molecule has 114 valence electrons. The first-order chi connectivity index (χ1) is 10.3. The predicted octanol–water partition coefficient (Wildman–Crippen LogP) is 3.08. The molecule has 0 aliphatic heterocycles. The summed E-state index contributed by atoms with van der Waals surface area (Å²) in [6.45, 7) is 3.07. The van der Waals surface area contributed by atoms with Crippen molar-refractivity contribution in [1.82, 2.24) is 4.98 Å². The molecule has 0 spiro atoms. The summed E-state index contributed by atoms with van der Waals surface area (Å²) in [6, 6.07) is 4.02. The minimum atomic E-state index is 0.635. The minimum absolute atomic E-state index is 0.635. The lowest BCUT2D eigenvalue weighted by Crippen LogP contribution is -2.29. The van der Waals surface area contributed by atoms with Crippen LogP contribution in [0, 0.1) is 17.8 Å². The van der Waals surface area contributed by atoms with E-state index in [2.05, 4.69) is 11.0 Å². The second-order valence-corrected chi connectivity index (χ2v) is 7.11. The van der Waals surface area contributed by atoms with Gasteiger partial charge in [0.2, 0.25) is 5.88 Å². The van der Waals surface area contributed by atoms with Gasteiger partial charge in [-0.15, -0.1) is 0 Å². The van der Waals surface area contributed by atoms with Crippen molar-refractivity contribution in [3.63, 3.8) is 0 Å². The van der Waals surface area contributed by atoms with E-state index >= 15 is 0 Å². The van der Waals surface area contributed by atoms with Crippen LogP contribution in [-0.2, 0) is 0 Å². The largest absolute Gasteiger partial charge is 0.476 e. The number of anilines is 2. The van der Waals surface area contributed by atoms with Crippen LogP contribution in [0.1, 0.15) is 38.5 Å². The highest BCUT2D eigenvalue weighted by atomic mass is 16.5. The molecule has 0 unspecified atom stereocenters. The third-order valence-electron chi connectivity index (χ3n) is 4.70. The van der Waals surface area contributed by atoms with E-state index in [1.807, 2.05) is 6.07 Å². The molecule has 4 rings (SSSR count). The zero-order chi connectivity index (χ0) is 14.2. The maximum absolute atomic E-state index is 6.02. The van der Waals surface area contributed by atoms with Crippen LogP contribution in [0.5, 0.6) is 5.88 Å². The lowest BCUT2D eigenvalue weighted by Gasteiger charge is -2.24. The van der Waals surface area contributed by atoms with Gasteiger partial charge in [0.15, 0.2) is 0 Å². The number of ether oxygens (including phenoxy) is 1. The normalized spacial score (nSPS) is 21.3. The number of hydrogen-bond donors (Lipinski definition) is 1. The first-order valence-corrected chi connectivity index (χ1v) is 8.42. The third-order valence-corrected chi connectivity index (χ3v) is 4.70. The molecule has 3 fully saturated rings. The molecule has 0 aromatic carbocycles. The maximum Gasteiger partial charge on any atom is 0.239 e. The van der Waals surface area contributed by atoms with Crippen LogP contribution >= 0.6 is 0 Å². The monoisotopic (exact) mass is 287 g/mol. The average molecular weight is 287 g/mol. The smallest absolute Gasteiger partial charge is 0.239 e. The molecule has 4 heteroatoms. The van der Waals surface area contributed by atoms with Crippen LogP contribution in [0.15, 0.2) is 12.1 Å². The van der Waals surface area contributed by atoms with Gasteiger partial charge in [0.25, 0.3) is 0 Å². The summed E-state index contributed by atoms with van der Waals surface area (Å²) in [5.74, 6) is 4.16. The first kappa shape index (κ1) is 13.2. The third kappa shape index (κ3) is 3.60. The fourth-order valence-corrected chi connectivity index (χ4v) is 2.70. The van der Waals surface area contributed by atoms with E-state index in [1.54, 1.807) is 0 Å². The molecule has 1 heterocycles. The van der Waals surface area contributed by atoms with Gasteiger partial charge in [-0.05, 0) is 68.4 Å². The molecule has 3 aliphatic rings. The fraction of sp³-hybridized carbons (Fsp3) is 0.706. The fourth-order valence-electron chi connectivity index (χ4n) is 2.70. The molecule has 2 N–H and O–H groups in total. The van der Waals surface area contributed by atoms with Gasteiger partial charge in [-0.25, -0.2) is 0 Å². The molecule has 3 saturated carbocycles. The quantitative estimate of drug-likeness (QED) is 0.798. The summed E-state index contributed by atoms with van der Waals surface area (Å²) < 4.78 is 5.83. The summed E-state index contributed by atoms with van der Waals surface area (Å²) >= 11 is 0. The maximum atomic E-state index is 6.02. The molecule has 3 aliphatic carbocycles. The number of nitrogens with two attached hydrogens (primary N) is 1. The number of hydrogen-bond acceptors (Lipinski definition) is 4. The summed E-state index contributed by atoms with van der Waals surface area (Å²) in [5, 5.41) is 0. The van der Waals surface area contributed by atoms with E-state index in [9.17, 15) is 0 Å². The lowest BCUT2D eigenvalue weighted by atomic mass is 10.3. The number of aromatic nitrogens is 1. The van der Waals surface area contributed by atoms with Gasteiger partial charge in [0.1, 0.15) is 5.82 Å². The summed E-state index contributed by atoms with van der Waals surface area (Å²) in [4.78, 5) is 7.17. The van der Waals surface area contributed by atoms with Crippen molar-refractivity contribution >= 4 is 11.5 Å². The number of rotatable bonds is 8. The van der Waals surface area contributed by atoms with Crippen LogP contribution in [-0.4, -0.2) is 24.7 Å². The number of nitrogens with zero attached hydrogens (tertiary/aromatic N) is 2. The van der Waals surface area contributed by atoms with E-state index in [-0.39, 0.29) is 0 Å². The molecule has 21 heavy (non-hydrogen) atoms. The number of nitrogen functional groups attached to an aromatic ring is 1. The Morgan fingerprint density at radius 1 is 1.00 bits per heavy atom. The Balaban J connectivity index is 1.48. The zero-order valence-corrected chi connectivity index (χ0v) is 12.6. The van der Waals surface area contributed by atoms with Crippen molar-refractivity contribution in [3.05, 3.63) is 12.1 Å². The summed E-state index contributed by atoms with van der Waals surface area (Å²) in [5.41, 5.74) is 6.68. The van der Waals surface area contributed by atoms with Crippen LogP contribution < -0.4 is 15.4 Å². The van der Waals surface area contributed by atoms with Crippen LogP contribution in [0.4, 0.5) is 11.5 Å². The highest BCUT2D eigenvalue weighted by Crippen LogP contribution is 2.36. The van der Waals surface area contributed by atoms with Crippen molar-refractivity contribution in [3.8, 4) is 5.88 Å². The van der Waals surface area contributed by atoms with Gasteiger partial charge in [-0.3, -0.25) is 0 Å². The van der Waals surface area contributed by atoms with Crippen molar-refractivity contribution in [2.24, 2.45) is 17.8 Å². The second kappa shape index (κ2) is 5.39. The van der Waals surface area contributed by atoms with E-state index in [0.717, 1.165) is 43.3 Å². The van der Waals surface area contributed by atoms with E-state index in [0.29, 0.717) is 11.6 Å². The molecular formula is C17H25N3O. The van der Waals surface area contributed by atoms with E-state index in [4.69, 9.17) is 15.5 Å². The Morgan fingerprint density at radius 3 is 2.19 bits per heavy atom. The average Bonchev–Trinajstić information content (AvgIpc) is 3.34. The molecule has 0 saturated heterocycles. The van der Waals surface area contributed by atoms with Gasteiger partial charge in [-0.2, -0.15) is 4.98 Å². The van der Waals surface area contributed by atoms with Crippen molar-refractivity contribution in [2.45, 2.75) is 38.5 Å². The van der Waals surface area contributed by atoms with Crippen LogP contribution in [0.25, 0.3) is 0 Å². The van der Waals surface area contributed by atoms with Crippen molar-refractivity contribution < 1.29 is 4.74 Å². The van der Waals surface area contributed by atoms with E-state index < -0.39 is 0 Å². The Labute approximate surface area is 126 Å². The molecule has 4 nitrogen and oxygen atoms in total. The first-order valence-electron chi connectivity index (χ1n) is 8.42. The molecule has 0 atom stereocenters. The van der Waals surface area contributed by atoms with Crippen molar-refractivity contribution in [1.29, 1.82) is 0 Å². The molecule has 0 radical (unpaired) electrons. The number of pyridine rings is 1.